The van der Waals surface area contributed by atoms with E-state index in [1.807, 2.05) is 6.07 Å². The van der Waals surface area contributed by atoms with E-state index in [1.54, 1.807) is 0 Å². The van der Waals surface area contributed by atoms with Gasteiger partial charge in [-0.1, -0.05) is 66.4 Å². The summed E-state index contributed by atoms with van der Waals surface area (Å²) < 4.78 is 5.57. The summed E-state index contributed by atoms with van der Waals surface area (Å²) in [5.41, 5.74) is 6.15. The molecule has 2 nitrogen and oxygen atoms in total. The average molecular weight is 390 g/mol. The van der Waals surface area contributed by atoms with E-state index >= 15 is 0 Å². The van der Waals surface area contributed by atoms with Gasteiger partial charge < -0.3 is 4.74 Å². The van der Waals surface area contributed by atoms with Crippen molar-refractivity contribution in [3.05, 3.63) is 89.5 Å². The van der Waals surface area contributed by atoms with Crippen LogP contribution in [0.25, 0.3) is 11.1 Å². The zero-order valence-electron chi connectivity index (χ0n) is 16.0. The minimum Gasteiger partial charge on any atom is -0.493 e. The molecular weight excluding hydrogens is 366 g/mol. The lowest BCUT2D eigenvalue weighted by atomic mass is 10.0. The van der Waals surface area contributed by atoms with Gasteiger partial charge >= 0.3 is 0 Å². The molecule has 3 aromatic carbocycles. The summed E-state index contributed by atoms with van der Waals surface area (Å²) in [6.07, 6.45) is 1.02. The fraction of sp³-hybridized carbons (Fsp3) is 0.200. The molecule has 0 saturated carbocycles. The first-order valence-corrected chi connectivity index (χ1v) is 9.35. The van der Waals surface area contributed by atoms with Crippen LogP contribution in [0.4, 0.5) is 0 Å². The molecular formula is C25H24ClNO. The van der Waals surface area contributed by atoms with Crippen molar-refractivity contribution in [2.45, 2.75) is 13.0 Å². The maximum Gasteiger partial charge on any atom is 0.122 e. The molecule has 1 aliphatic heterocycles. The summed E-state index contributed by atoms with van der Waals surface area (Å²) in [7, 11) is 2.11. The molecule has 0 atom stereocenters. The second kappa shape index (κ2) is 9.46. The molecule has 0 bridgehead atoms. The van der Waals surface area contributed by atoms with Crippen molar-refractivity contribution in [1.82, 2.24) is 4.90 Å². The minimum atomic E-state index is 0. The van der Waals surface area contributed by atoms with E-state index in [1.165, 1.54) is 22.3 Å². The van der Waals surface area contributed by atoms with Crippen LogP contribution in [0.2, 0.25) is 0 Å². The Morgan fingerprint density at radius 1 is 0.929 bits per heavy atom. The predicted octanol–water partition coefficient (Wildman–Crippen LogP) is 5.19. The summed E-state index contributed by atoms with van der Waals surface area (Å²) in [6.45, 7) is 2.45. The van der Waals surface area contributed by atoms with E-state index in [9.17, 15) is 0 Å². The third-order valence-electron chi connectivity index (χ3n) is 4.78. The van der Waals surface area contributed by atoms with Crippen molar-refractivity contribution in [3.8, 4) is 28.7 Å². The van der Waals surface area contributed by atoms with Gasteiger partial charge in [-0.05, 0) is 47.5 Å². The van der Waals surface area contributed by atoms with E-state index in [0.29, 0.717) is 0 Å². The topological polar surface area (TPSA) is 12.5 Å². The Balaban J connectivity index is 0.00000225. The van der Waals surface area contributed by atoms with Crippen LogP contribution in [0.15, 0.2) is 72.8 Å². The molecule has 0 N–H and O–H groups in total. The third kappa shape index (κ3) is 4.95. The number of fused-ring (bicyclic) bond motifs is 1. The van der Waals surface area contributed by atoms with E-state index in [2.05, 4.69) is 90.5 Å². The summed E-state index contributed by atoms with van der Waals surface area (Å²) in [4.78, 5) is 2.24. The number of ether oxygens (including phenoxy) is 1. The van der Waals surface area contributed by atoms with Crippen LogP contribution >= 0.6 is 12.4 Å². The molecule has 142 valence electrons. The van der Waals surface area contributed by atoms with Gasteiger partial charge in [-0.3, -0.25) is 4.90 Å². The molecule has 0 aliphatic carbocycles. The summed E-state index contributed by atoms with van der Waals surface area (Å²) in [5.74, 6) is 7.60. The lowest BCUT2D eigenvalue weighted by Gasteiger charge is -2.13. The minimum absolute atomic E-state index is 0. The molecule has 0 aromatic heterocycles. The predicted molar refractivity (Wildman–Crippen MR) is 118 cm³/mol. The molecule has 3 heteroatoms. The fourth-order valence-electron chi connectivity index (χ4n) is 3.36. The molecule has 1 aliphatic rings. The van der Waals surface area contributed by atoms with E-state index < -0.39 is 0 Å². The van der Waals surface area contributed by atoms with Crippen LogP contribution in [0.3, 0.4) is 0 Å². The summed E-state index contributed by atoms with van der Waals surface area (Å²) >= 11 is 0. The van der Waals surface area contributed by atoms with Crippen molar-refractivity contribution >= 4 is 12.4 Å². The van der Waals surface area contributed by atoms with Gasteiger partial charge in [0.2, 0.25) is 0 Å². The SMILES string of the molecule is CN(CC#Cc1ccc(-c2ccccc2)cc1)Cc1ccc2c(c1)CCO2.Cl. The Kier molecular flexibility index (Phi) is 6.76. The zero-order chi connectivity index (χ0) is 18.5. The monoisotopic (exact) mass is 389 g/mol. The van der Waals surface area contributed by atoms with Gasteiger partial charge in [0.25, 0.3) is 0 Å². The number of benzene rings is 3. The molecule has 3 aromatic rings. The highest BCUT2D eigenvalue weighted by Gasteiger charge is 2.12. The molecule has 4 rings (SSSR count). The van der Waals surface area contributed by atoms with Gasteiger partial charge in [0, 0.05) is 18.5 Å². The number of rotatable bonds is 4. The van der Waals surface area contributed by atoms with E-state index in [4.69, 9.17) is 4.74 Å². The lowest BCUT2D eigenvalue weighted by molar-refractivity contribution is 0.356. The second-order valence-electron chi connectivity index (χ2n) is 6.96. The molecule has 28 heavy (non-hydrogen) atoms. The van der Waals surface area contributed by atoms with E-state index in [0.717, 1.165) is 37.4 Å². The number of hydrogen-bond donors (Lipinski definition) is 0. The number of nitrogens with zero attached hydrogens (tertiary/aromatic N) is 1. The van der Waals surface area contributed by atoms with Crippen LogP contribution in [-0.2, 0) is 13.0 Å². The van der Waals surface area contributed by atoms with Crippen molar-refractivity contribution in [3.63, 3.8) is 0 Å². The first kappa shape index (κ1) is 20.0. The maximum absolute atomic E-state index is 5.57. The van der Waals surface area contributed by atoms with Gasteiger partial charge in [0.05, 0.1) is 13.2 Å². The zero-order valence-corrected chi connectivity index (χ0v) is 16.8. The highest BCUT2D eigenvalue weighted by Crippen LogP contribution is 2.26. The molecule has 0 radical (unpaired) electrons. The summed E-state index contributed by atoms with van der Waals surface area (Å²) in [5, 5.41) is 0. The third-order valence-corrected chi connectivity index (χ3v) is 4.78. The smallest absolute Gasteiger partial charge is 0.122 e. The average Bonchev–Trinajstić information content (AvgIpc) is 3.17. The largest absolute Gasteiger partial charge is 0.493 e. The van der Waals surface area contributed by atoms with E-state index in [-0.39, 0.29) is 12.4 Å². The van der Waals surface area contributed by atoms with Crippen LogP contribution in [0.5, 0.6) is 5.75 Å². The lowest BCUT2D eigenvalue weighted by Crippen LogP contribution is -2.18. The van der Waals surface area contributed by atoms with Gasteiger partial charge in [0.15, 0.2) is 0 Å². The highest BCUT2D eigenvalue weighted by molar-refractivity contribution is 5.85. The van der Waals surface area contributed by atoms with Crippen molar-refractivity contribution in [2.75, 3.05) is 20.2 Å². The summed E-state index contributed by atoms with van der Waals surface area (Å²) in [6, 6.07) is 25.4. The van der Waals surface area contributed by atoms with Crippen LogP contribution in [-0.4, -0.2) is 25.1 Å². The first-order valence-electron chi connectivity index (χ1n) is 9.35. The second-order valence-corrected chi connectivity index (χ2v) is 6.96. The quantitative estimate of drug-likeness (QED) is 0.569. The maximum atomic E-state index is 5.57. The normalized spacial score (nSPS) is 11.8. The molecule has 1 heterocycles. The number of halogens is 1. The Hall–Kier alpha value is -2.73. The van der Waals surface area contributed by atoms with Crippen molar-refractivity contribution in [1.29, 1.82) is 0 Å². The molecule has 0 fully saturated rings. The fourth-order valence-corrected chi connectivity index (χ4v) is 3.36. The van der Waals surface area contributed by atoms with Crippen LogP contribution in [0, 0.1) is 11.8 Å². The van der Waals surface area contributed by atoms with Crippen molar-refractivity contribution < 1.29 is 4.74 Å². The number of hydrogen-bond acceptors (Lipinski definition) is 2. The molecule has 0 unspecified atom stereocenters. The van der Waals surface area contributed by atoms with Gasteiger partial charge in [-0.15, -0.1) is 12.4 Å². The Labute approximate surface area is 173 Å². The van der Waals surface area contributed by atoms with Crippen molar-refractivity contribution in [2.24, 2.45) is 0 Å². The van der Waals surface area contributed by atoms with Gasteiger partial charge in [-0.2, -0.15) is 0 Å². The Bertz CT molecular complexity index is 971. The van der Waals surface area contributed by atoms with Gasteiger partial charge in [0.1, 0.15) is 5.75 Å². The Morgan fingerprint density at radius 3 is 2.46 bits per heavy atom. The van der Waals surface area contributed by atoms with Gasteiger partial charge in [-0.25, -0.2) is 0 Å². The standard InChI is InChI=1S/C25H23NO.ClH/c1-26(19-21-11-14-25-24(18-21)15-17-27-25)16-5-6-20-9-12-23(13-10-20)22-7-3-2-4-8-22;/h2-4,7-14,18H,15-17,19H2,1H3;1H. The Morgan fingerprint density at radius 2 is 1.68 bits per heavy atom. The van der Waals surface area contributed by atoms with Crippen LogP contribution in [0.1, 0.15) is 16.7 Å². The first-order chi connectivity index (χ1) is 13.3. The molecule has 0 amide bonds. The molecule has 0 saturated heterocycles. The highest BCUT2D eigenvalue weighted by atomic mass is 35.5. The van der Waals surface area contributed by atoms with Crippen LogP contribution < -0.4 is 4.74 Å². The molecule has 0 spiro atoms.